The molecule has 0 aliphatic carbocycles. The van der Waals surface area contributed by atoms with Gasteiger partial charge in [-0.15, -0.1) is 12.4 Å². The van der Waals surface area contributed by atoms with Crippen LogP contribution in [0.2, 0.25) is 0 Å². The number of para-hydroxylation sites is 2. The second-order valence-electron chi connectivity index (χ2n) is 6.57. The fourth-order valence-electron chi connectivity index (χ4n) is 3.04. The number of unbranched alkanes of at least 4 members (excludes halogenated alkanes) is 3. The highest BCUT2D eigenvalue weighted by molar-refractivity contribution is 5.86. The molecule has 1 saturated heterocycles. The van der Waals surface area contributed by atoms with Crippen LogP contribution in [0.4, 0.5) is 10.5 Å². The molecule has 0 spiro atoms. The van der Waals surface area contributed by atoms with E-state index in [1.54, 1.807) is 0 Å². The summed E-state index contributed by atoms with van der Waals surface area (Å²) in [7, 11) is 0. The first-order valence-electron chi connectivity index (χ1n) is 9.64. The zero-order valence-electron chi connectivity index (χ0n) is 16.0. The molecule has 1 aromatic rings. The van der Waals surface area contributed by atoms with Crippen LogP contribution in [0.3, 0.4) is 0 Å². The lowest BCUT2D eigenvalue weighted by Gasteiger charge is -2.30. The number of carbonyl (C=O) groups is 1. The van der Waals surface area contributed by atoms with Crippen molar-refractivity contribution in [1.29, 1.82) is 0 Å². The third-order valence-electron chi connectivity index (χ3n) is 4.63. The second kappa shape index (κ2) is 12.8. The van der Waals surface area contributed by atoms with Gasteiger partial charge < -0.3 is 14.4 Å². The summed E-state index contributed by atoms with van der Waals surface area (Å²) in [6.45, 7) is 8.06. The third-order valence-corrected chi connectivity index (χ3v) is 4.63. The van der Waals surface area contributed by atoms with Crippen LogP contribution < -0.4 is 10.1 Å². The Balaban J connectivity index is 0.00000338. The van der Waals surface area contributed by atoms with E-state index in [0.717, 1.165) is 38.9 Å². The molecule has 1 aliphatic heterocycles. The molecule has 1 aromatic carbocycles. The lowest BCUT2D eigenvalue weighted by Crippen LogP contribution is -2.38. The number of carbonyl (C=O) groups excluding carboxylic acids is 1. The van der Waals surface area contributed by atoms with Crippen molar-refractivity contribution in [3.05, 3.63) is 24.3 Å². The van der Waals surface area contributed by atoms with E-state index in [4.69, 9.17) is 9.47 Å². The number of likely N-dealkylation sites (tertiary alicyclic amines) is 1. The van der Waals surface area contributed by atoms with Gasteiger partial charge in [0, 0.05) is 13.1 Å². The Morgan fingerprint density at radius 2 is 1.88 bits per heavy atom. The molecule has 5 nitrogen and oxygen atoms in total. The number of benzene rings is 1. The highest BCUT2D eigenvalue weighted by Crippen LogP contribution is 2.25. The lowest BCUT2D eigenvalue weighted by molar-refractivity contribution is 0.0605. The highest BCUT2D eigenvalue weighted by atomic mass is 35.5. The van der Waals surface area contributed by atoms with Crippen molar-refractivity contribution in [2.24, 2.45) is 0 Å². The molecule has 1 amide bonds. The van der Waals surface area contributed by atoms with Crippen LogP contribution >= 0.6 is 12.4 Å². The zero-order valence-corrected chi connectivity index (χ0v) is 16.9. The zero-order chi connectivity index (χ0) is 17.9. The molecular formula is C20H33ClN2O3. The number of nitrogens with zero attached hydrogens (tertiary/aromatic N) is 1. The first-order valence-corrected chi connectivity index (χ1v) is 9.64. The minimum Gasteiger partial charge on any atom is -0.491 e. The van der Waals surface area contributed by atoms with Crippen LogP contribution in [0.25, 0.3) is 0 Å². The fourth-order valence-corrected chi connectivity index (χ4v) is 3.04. The smallest absolute Gasteiger partial charge is 0.412 e. The van der Waals surface area contributed by atoms with Crippen LogP contribution in [0.1, 0.15) is 52.4 Å². The predicted molar refractivity (Wildman–Crippen MR) is 109 cm³/mol. The van der Waals surface area contributed by atoms with Crippen molar-refractivity contribution < 1.29 is 14.3 Å². The molecule has 0 saturated carbocycles. The van der Waals surface area contributed by atoms with Gasteiger partial charge in [-0.3, -0.25) is 5.32 Å². The van der Waals surface area contributed by atoms with Crippen LogP contribution in [0.5, 0.6) is 5.75 Å². The van der Waals surface area contributed by atoms with E-state index >= 15 is 0 Å². The summed E-state index contributed by atoms with van der Waals surface area (Å²) in [6.07, 6.45) is 6.05. The molecule has 0 bridgehead atoms. The van der Waals surface area contributed by atoms with Crippen molar-refractivity contribution in [3.8, 4) is 5.75 Å². The van der Waals surface area contributed by atoms with Gasteiger partial charge in [0.15, 0.2) is 0 Å². The maximum Gasteiger partial charge on any atom is 0.412 e. The molecule has 2 rings (SSSR count). The van der Waals surface area contributed by atoms with Gasteiger partial charge in [-0.1, -0.05) is 45.2 Å². The van der Waals surface area contributed by atoms with Crippen molar-refractivity contribution >= 4 is 24.2 Å². The first kappa shape index (κ1) is 22.6. The minimum atomic E-state index is -0.392. The molecule has 6 heteroatoms. The summed E-state index contributed by atoms with van der Waals surface area (Å²) in [5, 5.41) is 2.84. The number of rotatable bonds is 9. The predicted octanol–water partition coefficient (Wildman–Crippen LogP) is 5.10. The quantitative estimate of drug-likeness (QED) is 0.601. The van der Waals surface area contributed by atoms with E-state index in [1.807, 2.05) is 24.3 Å². The summed E-state index contributed by atoms with van der Waals surface area (Å²) >= 11 is 0. The molecule has 0 atom stereocenters. The number of amides is 1. The molecule has 26 heavy (non-hydrogen) atoms. The van der Waals surface area contributed by atoms with Crippen molar-refractivity contribution in [3.63, 3.8) is 0 Å². The van der Waals surface area contributed by atoms with Gasteiger partial charge in [-0.05, 0) is 37.9 Å². The van der Waals surface area contributed by atoms with E-state index in [2.05, 4.69) is 24.1 Å². The summed E-state index contributed by atoms with van der Waals surface area (Å²) in [5.41, 5.74) is 0.675. The molecule has 1 N–H and O–H groups in total. The monoisotopic (exact) mass is 384 g/mol. The van der Waals surface area contributed by atoms with Gasteiger partial charge in [-0.2, -0.15) is 0 Å². The second-order valence-corrected chi connectivity index (χ2v) is 6.57. The molecule has 0 aromatic heterocycles. The fraction of sp³-hybridized carbons (Fsp3) is 0.650. The number of hydrogen-bond acceptors (Lipinski definition) is 4. The Morgan fingerprint density at radius 1 is 1.15 bits per heavy atom. The molecule has 1 heterocycles. The van der Waals surface area contributed by atoms with E-state index in [-0.39, 0.29) is 18.5 Å². The van der Waals surface area contributed by atoms with Gasteiger partial charge in [-0.25, -0.2) is 4.79 Å². The summed E-state index contributed by atoms with van der Waals surface area (Å²) in [5.74, 6) is 0.705. The van der Waals surface area contributed by atoms with Gasteiger partial charge in [0.25, 0.3) is 0 Å². The first-order chi connectivity index (χ1) is 12.2. The largest absolute Gasteiger partial charge is 0.491 e. The molecule has 1 fully saturated rings. The van der Waals surface area contributed by atoms with Crippen LogP contribution in [-0.2, 0) is 4.74 Å². The Labute approximate surface area is 163 Å². The summed E-state index contributed by atoms with van der Waals surface area (Å²) < 4.78 is 11.4. The highest BCUT2D eigenvalue weighted by Gasteiger charge is 2.21. The van der Waals surface area contributed by atoms with Crippen LogP contribution in [-0.4, -0.2) is 43.3 Å². The van der Waals surface area contributed by atoms with Gasteiger partial charge in [0.2, 0.25) is 0 Å². The maximum absolute atomic E-state index is 12.2. The number of anilines is 1. The van der Waals surface area contributed by atoms with Crippen molar-refractivity contribution in [2.75, 3.05) is 31.6 Å². The summed E-state index contributed by atoms with van der Waals surface area (Å²) in [6, 6.07) is 7.54. The number of halogens is 1. The number of ether oxygens (including phenoxy) is 2. The summed E-state index contributed by atoms with van der Waals surface area (Å²) in [4.78, 5) is 14.6. The average Bonchev–Trinajstić information content (AvgIpc) is 2.63. The van der Waals surface area contributed by atoms with Crippen molar-refractivity contribution in [2.45, 2.75) is 58.5 Å². The molecule has 148 valence electrons. The van der Waals surface area contributed by atoms with Gasteiger partial charge >= 0.3 is 6.09 Å². The Bertz CT molecular complexity index is 520. The number of nitrogens with one attached hydrogen (secondary N) is 1. The molecule has 1 aliphatic rings. The minimum absolute atomic E-state index is 0. The number of piperidine rings is 1. The van der Waals surface area contributed by atoms with Gasteiger partial charge in [0.05, 0.1) is 12.3 Å². The topological polar surface area (TPSA) is 50.8 Å². The Kier molecular flexibility index (Phi) is 11.1. The molecular weight excluding hydrogens is 352 g/mol. The van der Waals surface area contributed by atoms with Crippen LogP contribution in [0, 0.1) is 0 Å². The average molecular weight is 385 g/mol. The van der Waals surface area contributed by atoms with Crippen LogP contribution in [0.15, 0.2) is 24.3 Å². The van der Waals surface area contributed by atoms with Gasteiger partial charge in [0.1, 0.15) is 11.9 Å². The Morgan fingerprint density at radius 3 is 2.58 bits per heavy atom. The maximum atomic E-state index is 12.2. The van der Waals surface area contributed by atoms with Crippen molar-refractivity contribution in [1.82, 2.24) is 4.90 Å². The van der Waals surface area contributed by atoms with E-state index in [1.165, 1.54) is 19.3 Å². The normalized spacial score (nSPS) is 15.2. The van der Waals surface area contributed by atoms with E-state index in [0.29, 0.717) is 18.0 Å². The SMILES string of the molecule is CCCCCCOc1ccccc1NC(=O)OC1CCN(CC)CC1.Cl. The third kappa shape index (κ3) is 7.83. The molecule has 0 unspecified atom stereocenters. The number of hydrogen-bond donors (Lipinski definition) is 1. The standard InChI is InChI=1S/C20H32N2O3.ClH/c1-3-5-6-9-16-24-19-11-8-7-10-18(19)21-20(23)25-17-12-14-22(4-2)15-13-17;/h7-8,10-11,17H,3-6,9,12-16H2,1-2H3,(H,21,23);1H. The Hall–Kier alpha value is -1.46. The lowest BCUT2D eigenvalue weighted by atomic mass is 10.1. The van der Waals surface area contributed by atoms with E-state index in [9.17, 15) is 4.79 Å². The van der Waals surface area contributed by atoms with E-state index < -0.39 is 6.09 Å². The molecule has 0 radical (unpaired) electrons.